The summed E-state index contributed by atoms with van der Waals surface area (Å²) >= 11 is 0. The third kappa shape index (κ3) is 5.24. The number of hydrogen-bond donors (Lipinski definition) is 0. The lowest BCUT2D eigenvalue weighted by Gasteiger charge is -2.30. The van der Waals surface area contributed by atoms with Crippen molar-refractivity contribution in [2.75, 3.05) is 4.90 Å². The summed E-state index contributed by atoms with van der Waals surface area (Å²) < 4.78 is 0. The molecule has 0 saturated carbocycles. The molecule has 0 aliphatic heterocycles. The van der Waals surface area contributed by atoms with Gasteiger partial charge in [0.1, 0.15) is 0 Å². The topological polar surface area (TPSA) is 3.24 Å². The van der Waals surface area contributed by atoms with Crippen LogP contribution in [0.25, 0.3) is 66.1 Å². The molecule has 0 unspecified atom stereocenters. The highest BCUT2D eigenvalue weighted by atomic mass is 15.1. The van der Waals surface area contributed by atoms with Crippen LogP contribution in [0.3, 0.4) is 0 Å². The summed E-state index contributed by atoms with van der Waals surface area (Å²) in [6.07, 6.45) is 0. The number of fused-ring (bicyclic) bond motifs is 6. The lowest BCUT2D eigenvalue weighted by atomic mass is 9.82. The summed E-state index contributed by atoms with van der Waals surface area (Å²) in [5.74, 6) is 0. The fourth-order valence-electron chi connectivity index (χ4n) is 8.73. The van der Waals surface area contributed by atoms with Gasteiger partial charge in [-0.1, -0.05) is 172 Å². The van der Waals surface area contributed by atoms with Crippen LogP contribution in [0.15, 0.2) is 200 Å². The molecule has 0 spiro atoms. The Morgan fingerprint density at radius 2 is 0.907 bits per heavy atom. The van der Waals surface area contributed by atoms with Crippen molar-refractivity contribution in [3.63, 3.8) is 0 Å². The van der Waals surface area contributed by atoms with E-state index in [2.05, 4.69) is 219 Å². The van der Waals surface area contributed by atoms with Gasteiger partial charge in [-0.25, -0.2) is 0 Å². The van der Waals surface area contributed by atoms with Crippen LogP contribution in [-0.2, 0) is 5.41 Å². The second-order valence-corrected chi connectivity index (χ2v) is 14.9. The van der Waals surface area contributed by atoms with Gasteiger partial charge < -0.3 is 4.90 Å². The predicted molar refractivity (Wildman–Crippen MR) is 230 cm³/mol. The molecule has 0 bridgehead atoms. The van der Waals surface area contributed by atoms with Crippen molar-refractivity contribution in [2.24, 2.45) is 0 Å². The molecule has 9 aromatic rings. The molecule has 0 atom stereocenters. The second-order valence-electron chi connectivity index (χ2n) is 14.9. The lowest BCUT2D eigenvalue weighted by Crippen LogP contribution is -2.17. The van der Waals surface area contributed by atoms with E-state index in [-0.39, 0.29) is 5.41 Å². The van der Waals surface area contributed by atoms with E-state index < -0.39 is 0 Å². The van der Waals surface area contributed by atoms with Crippen LogP contribution >= 0.6 is 0 Å². The largest absolute Gasteiger partial charge is 0.310 e. The van der Waals surface area contributed by atoms with Gasteiger partial charge in [-0.3, -0.25) is 0 Å². The maximum Gasteiger partial charge on any atom is 0.0540 e. The van der Waals surface area contributed by atoms with Gasteiger partial charge in [0.05, 0.1) is 5.69 Å². The summed E-state index contributed by atoms with van der Waals surface area (Å²) in [5, 5.41) is 5.07. The molecule has 1 heteroatoms. The van der Waals surface area contributed by atoms with Gasteiger partial charge in [-0.15, -0.1) is 0 Å². The Morgan fingerprint density at radius 1 is 0.333 bits per heavy atom. The van der Waals surface area contributed by atoms with E-state index in [0.29, 0.717) is 0 Å². The van der Waals surface area contributed by atoms with Crippen molar-refractivity contribution in [3.8, 4) is 44.5 Å². The third-order valence-electron chi connectivity index (χ3n) is 11.5. The molecule has 0 aromatic heterocycles. The van der Waals surface area contributed by atoms with E-state index in [1.165, 1.54) is 77.2 Å². The fraction of sp³-hybridized carbons (Fsp3) is 0.0566. The highest BCUT2D eigenvalue weighted by Gasteiger charge is 2.36. The van der Waals surface area contributed by atoms with E-state index in [1.807, 2.05) is 0 Å². The standard InChI is InChI=1S/C53H39N/c1-53(2)50-24-14-13-23-46(50)47-31-30-42(35-51(47)53)54(41-28-25-37(26-29-41)36-15-5-3-6-16-36)52-32-27-40(34-49(52)38-17-7-4-8-18-38)48-33-39-19-9-10-20-43(39)44-21-11-12-22-45(44)48/h3-35H,1-2H3. The molecular weight excluding hydrogens is 651 g/mol. The van der Waals surface area contributed by atoms with E-state index in [9.17, 15) is 0 Å². The molecule has 0 saturated heterocycles. The summed E-state index contributed by atoms with van der Waals surface area (Å²) in [6, 6.07) is 73.5. The van der Waals surface area contributed by atoms with Crippen LogP contribution in [0.1, 0.15) is 25.0 Å². The molecule has 0 N–H and O–H groups in total. The first-order valence-corrected chi connectivity index (χ1v) is 18.8. The van der Waals surface area contributed by atoms with E-state index in [1.54, 1.807) is 0 Å². The van der Waals surface area contributed by atoms with Gasteiger partial charge in [0, 0.05) is 22.4 Å². The molecule has 0 amide bonds. The Balaban J connectivity index is 1.20. The van der Waals surface area contributed by atoms with Gasteiger partial charge in [-0.05, 0) is 114 Å². The maximum absolute atomic E-state index is 2.46. The molecule has 256 valence electrons. The van der Waals surface area contributed by atoms with Gasteiger partial charge in [-0.2, -0.15) is 0 Å². The zero-order valence-corrected chi connectivity index (χ0v) is 30.5. The first-order valence-electron chi connectivity index (χ1n) is 18.8. The molecule has 10 rings (SSSR count). The van der Waals surface area contributed by atoms with Crippen LogP contribution in [0.5, 0.6) is 0 Å². The summed E-state index contributed by atoms with van der Waals surface area (Å²) in [6.45, 7) is 4.72. The average Bonchev–Trinajstić information content (AvgIpc) is 3.47. The van der Waals surface area contributed by atoms with Crippen molar-refractivity contribution in [2.45, 2.75) is 19.3 Å². The highest BCUT2D eigenvalue weighted by Crippen LogP contribution is 2.51. The van der Waals surface area contributed by atoms with Gasteiger partial charge >= 0.3 is 0 Å². The molecule has 54 heavy (non-hydrogen) atoms. The monoisotopic (exact) mass is 689 g/mol. The van der Waals surface area contributed by atoms with Crippen molar-refractivity contribution < 1.29 is 0 Å². The highest BCUT2D eigenvalue weighted by molar-refractivity contribution is 6.14. The number of rotatable bonds is 6. The molecular formula is C53H39N. The predicted octanol–water partition coefficient (Wildman–Crippen LogP) is 14.8. The summed E-state index contributed by atoms with van der Waals surface area (Å²) in [7, 11) is 0. The van der Waals surface area contributed by atoms with Crippen LogP contribution in [0.2, 0.25) is 0 Å². The first-order chi connectivity index (χ1) is 26.5. The molecule has 1 nitrogen and oxygen atoms in total. The zero-order chi connectivity index (χ0) is 36.2. The van der Waals surface area contributed by atoms with Crippen molar-refractivity contribution in [3.05, 3.63) is 211 Å². The fourth-order valence-corrected chi connectivity index (χ4v) is 8.73. The third-order valence-corrected chi connectivity index (χ3v) is 11.5. The lowest BCUT2D eigenvalue weighted by molar-refractivity contribution is 0.660. The Bertz CT molecular complexity index is 2830. The minimum atomic E-state index is -0.117. The SMILES string of the molecule is CC1(C)c2ccccc2-c2ccc(N(c3ccc(-c4ccccc4)cc3)c3ccc(-c4cc5ccccc5c5ccccc45)cc3-c3ccccc3)cc21. The Labute approximate surface area is 317 Å². The van der Waals surface area contributed by atoms with Gasteiger partial charge in [0.25, 0.3) is 0 Å². The number of nitrogens with zero attached hydrogens (tertiary/aromatic N) is 1. The van der Waals surface area contributed by atoms with E-state index in [4.69, 9.17) is 0 Å². The molecule has 0 radical (unpaired) electrons. The Morgan fingerprint density at radius 3 is 1.69 bits per heavy atom. The Hall–Kier alpha value is -6.70. The van der Waals surface area contributed by atoms with Gasteiger partial charge in [0.2, 0.25) is 0 Å². The summed E-state index contributed by atoms with van der Waals surface area (Å²) in [5.41, 5.74) is 15.9. The van der Waals surface area contributed by atoms with Gasteiger partial charge in [0.15, 0.2) is 0 Å². The molecule has 1 aliphatic rings. The Kier molecular flexibility index (Phi) is 7.56. The number of anilines is 3. The van der Waals surface area contributed by atoms with Crippen molar-refractivity contribution >= 4 is 38.6 Å². The molecule has 0 fully saturated rings. The van der Waals surface area contributed by atoms with Crippen LogP contribution in [-0.4, -0.2) is 0 Å². The van der Waals surface area contributed by atoms with Crippen LogP contribution in [0.4, 0.5) is 17.1 Å². The van der Waals surface area contributed by atoms with E-state index in [0.717, 1.165) is 17.1 Å². The minimum absolute atomic E-state index is 0.117. The molecule has 1 aliphatic carbocycles. The van der Waals surface area contributed by atoms with Crippen LogP contribution in [0, 0.1) is 0 Å². The quantitative estimate of drug-likeness (QED) is 0.157. The number of hydrogen-bond acceptors (Lipinski definition) is 1. The smallest absolute Gasteiger partial charge is 0.0540 e. The minimum Gasteiger partial charge on any atom is -0.310 e. The zero-order valence-electron chi connectivity index (χ0n) is 30.5. The second kappa shape index (κ2) is 12.8. The maximum atomic E-state index is 2.46. The molecule has 0 heterocycles. The molecule has 9 aromatic carbocycles. The van der Waals surface area contributed by atoms with Crippen molar-refractivity contribution in [1.29, 1.82) is 0 Å². The first kappa shape index (κ1) is 32.0. The van der Waals surface area contributed by atoms with Crippen LogP contribution < -0.4 is 4.90 Å². The average molecular weight is 690 g/mol. The normalized spacial score (nSPS) is 12.8. The number of benzene rings is 9. The summed E-state index contributed by atoms with van der Waals surface area (Å²) in [4.78, 5) is 2.46. The van der Waals surface area contributed by atoms with E-state index >= 15 is 0 Å². The van der Waals surface area contributed by atoms with Crippen molar-refractivity contribution in [1.82, 2.24) is 0 Å².